The van der Waals surface area contributed by atoms with Gasteiger partial charge in [-0.05, 0) is 54.6 Å². The van der Waals surface area contributed by atoms with E-state index in [0.29, 0.717) is 0 Å². The van der Waals surface area contributed by atoms with Crippen molar-refractivity contribution in [2.45, 2.75) is 0 Å². The van der Waals surface area contributed by atoms with Gasteiger partial charge in [0.15, 0.2) is 0 Å². The number of aromatic carboxylic acids is 2. The van der Waals surface area contributed by atoms with E-state index in [1.165, 1.54) is 0 Å². The molecule has 0 unspecified atom stereocenters. The molecule has 9 aromatic heterocycles. The van der Waals surface area contributed by atoms with E-state index in [-0.39, 0.29) is 90.4 Å². The first kappa shape index (κ1) is 60.6. The molecule has 74 heavy (non-hydrogen) atoms. The molecule has 0 atom stereocenters. The van der Waals surface area contributed by atoms with E-state index in [0.717, 1.165) is 106 Å². The van der Waals surface area contributed by atoms with Gasteiger partial charge in [-0.2, -0.15) is 0 Å². The predicted molar refractivity (Wildman–Crippen MR) is 274 cm³/mol. The van der Waals surface area contributed by atoms with Crippen LogP contribution in [0.1, 0.15) is 20.7 Å². The Kier molecular flexibility index (Phi) is 23.8. The first-order valence-corrected chi connectivity index (χ1v) is 21.2. The van der Waals surface area contributed by atoms with E-state index in [9.17, 15) is 9.59 Å². The predicted octanol–water partition coefficient (Wildman–Crippen LogP) is 9.95. The summed E-state index contributed by atoms with van der Waals surface area (Å²) >= 11 is 0. The van der Waals surface area contributed by atoms with Crippen LogP contribution in [0.4, 0.5) is 0 Å². The van der Waals surface area contributed by atoms with Gasteiger partial charge >= 0.3 is 80.2 Å². The molecular formula is C55H41Cu4N9O6+8. The van der Waals surface area contributed by atoms with Crippen LogP contribution in [0.25, 0.3) is 87.2 Å². The molecule has 0 spiro atoms. The number of pyridine rings is 9. The normalized spacial score (nSPS) is 9.73. The van der Waals surface area contributed by atoms with Gasteiger partial charge in [0.2, 0.25) is 0 Å². The van der Waals surface area contributed by atoms with Gasteiger partial charge in [0.05, 0.1) is 55.3 Å². The fourth-order valence-corrected chi connectivity index (χ4v) is 7.39. The van der Waals surface area contributed by atoms with Gasteiger partial charge in [-0.15, -0.1) is 0 Å². The summed E-state index contributed by atoms with van der Waals surface area (Å²) in [5.41, 5.74) is 7.56. The van der Waals surface area contributed by atoms with Crippen molar-refractivity contribution in [3.05, 3.63) is 225 Å². The molecule has 0 saturated carbocycles. The smallest absolute Gasteiger partial charge is 0.478 e. The Morgan fingerprint density at radius 2 is 0.446 bits per heavy atom. The Labute approximate surface area is 464 Å². The van der Waals surface area contributed by atoms with Crippen LogP contribution in [0.15, 0.2) is 214 Å². The molecule has 4 radical (unpaired) electrons. The maximum absolute atomic E-state index is 10.3. The average Bonchev–Trinajstić information content (AvgIpc) is 3.41. The van der Waals surface area contributed by atoms with Crippen molar-refractivity contribution in [3.8, 4) is 0 Å². The number of carboxylic acids is 2. The summed E-state index contributed by atoms with van der Waals surface area (Å²) in [6.45, 7) is 0. The number of carbonyl (C=O) groups is 2. The van der Waals surface area contributed by atoms with E-state index in [2.05, 4.69) is 142 Å². The van der Waals surface area contributed by atoms with Gasteiger partial charge in [0, 0.05) is 105 Å². The van der Waals surface area contributed by atoms with Gasteiger partial charge in [0.1, 0.15) is 0 Å². The molecule has 4 aromatic carbocycles. The van der Waals surface area contributed by atoms with Crippen molar-refractivity contribution in [1.29, 1.82) is 0 Å². The van der Waals surface area contributed by atoms with Crippen LogP contribution in [-0.4, -0.2) is 78.0 Å². The molecule has 6 N–H and O–H groups in total. The van der Waals surface area contributed by atoms with Gasteiger partial charge in [-0.3, -0.25) is 44.9 Å². The Hall–Kier alpha value is -7.75. The van der Waals surface area contributed by atoms with Crippen molar-refractivity contribution in [1.82, 2.24) is 44.9 Å². The molecule has 19 heteroatoms. The van der Waals surface area contributed by atoms with E-state index < -0.39 is 11.9 Å². The number of fused-ring (bicyclic) bond motifs is 12. The topological polar surface area (TPSA) is 254 Å². The summed E-state index contributed by atoms with van der Waals surface area (Å²) in [4.78, 5) is 58.9. The number of hydrogen-bond acceptors (Lipinski definition) is 11. The average molecular weight is 1180 g/mol. The summed E-state index contributed by atoms with van der Waals surface area (Å²) in [5.74, 6) is -2.38. The molecule has 9 heterocycles. The molecule has 0 saturated heterocycles. The Balaban J connectivity index is 0.000000239. The minimum absolute atomic E-state index is 0. The summed E-state index contributed by atoms with van der Waals surface area (Å²) in [7, 11) is 0. The fraction of sp³-hybridized carbons (Fsp3) is 0. The molecule has 0 aliphatic rings. The number of carboxylic acid groups (broad SMARTS) is 2. The van der Waals surface area contributed by atoms with Gasteiger partial charge < -0.3 is 21.2 Å². The summed E-state index contributed by atoms with van der Waals surface area (Å²) in [6, 6.07) is 49.6. The van der Waals surface area contributed by atoms with Gasteiger partial charge in [0.25, 0.3) is 0 Å². The fourth-order valence-electron chi connectivity index (χ4n) is 7.39. The number of nitrogens with zero attached hydrogens (tertiary/aromatic N) is 9. The number of aromatic nitrogens is 9. The molecule has 0 fully saturated rings. The van der Waals surface area contributed by atoms with Crippen LogP contribution in [0.3, 0.4) is 0 Å². The minimum Gasteiger partial charge on any atom is -0.478 e. The van der Waals surface area contributed by atoms with Crippen molar-refractivity contribution in [2.24, 2.45) is 0 Å². The van der Waals surface area contributed by atoms with Crippen LogP contribution in [0.5, 0.6) is 0 Å². The van der Waals surface area contributed by atoms with Crippen LogP contribution in [0.2, 0.25) is 0 Å². The summed E-state index contributed by atoms with van der Waals surface area (Å²) in [6.07, 6.45) is 16.6. The second-order valence-electron chi connectivity index (χ2n) is 14.9. The monoisotopic (exact) mass is 1180 g/mol. The third-order valence-corrected chi connectivity index (χ3v) is 10.6. The summed E-state index contributed by atoms with van der Waals surface area (Å²) < 4.78 is 0. The standard InChI is InChI=1S/4C12H8N2.C7H5NO4.4Cu.2H2O/c4*1-3-9-5-6-10-4-2-8-14-12(10)11(9)13-7-1;9-6(10)4-1-5(7(11)12)3-8-2-4;;;;;;/h4*1-8H;1-3H,(H,9,10)(H,11,12);;;;;2*1H2/q;;;;;4*+2;;. The van der Waals surface area contributed by atoms with Crippen LogP contribution in [0, 0.1) is 0 Å². The molecule has 0 aliphatic carbocycles. The van der Waals surface area contributed by atoms with Crippen LogP contribution in [-0.2, 0) is 68.3 Å². The number of rotatable bonds is 2. The van der Waals surface area contributed by atoms with Crippen molar-refractivity contribution in [3.63, 3.8) is 0 Å². The molecule has 13 rings (SSSR count). The minimum atomic E-state index is -1.19. The molecule has 0 bridgehead atoms. The zero-order chi connectivity index (χ0) is 46.7. The van der Waals surface area contributed by atoms with Crippen LogP contribution < -0.4 is 0 Å². The second-order valence-corrected chi connectivity index (χ2v) is 14.9. The van der Waals surface area contributed by atoms with Crippen molar-refractivity contribution < 1.29 is 99.0 Å². The van der Waals surface area contributed by atoms with E-state index in [1.54, 1.807) is 49.6 Å². The van der Waals surface area contributed by atoms with Gasteiger partial charge in [-0.1, -0.05) is 97.1 Å². The van der Waals surface area contributed by atoms with Crippen molar-refractivity contribution >= 4 is 99.2 Å². The molecule has 0 aliphatic heterocycles. The number of hydrogen-bond donors (Lipinski definition) is 2. The Morgan fingerprint density at radius 3 is 0.595 bits per heavy atom. The van der Waals surface area contributed by atoms with E-state index in [4.69, 9.17) is 10.2 Å². The Bertz CT molecular complexity index is 3270. The van der Waals surface area contributed by atoms with E-state index in [1.807, 2.05) is 48.5 Å². The first-order chi connectivity index (χ1) is 33.4. The molecule has 15 nitrogen and oxygen atoms in total. The molecule has 378 valence electrons. The quantitative estimate of drug-likeness (QED) is 0.121. The maximum atomic E-state index is 10.3. The van der Waals surface area contributed by atoms with Gasteiger partial charge in [-0.25, -0.2) is 9.59 Å². The zero-order valence-electron chi connectivity index (χ0n) is 38.1. The van der Waals surface area contributed by atoms with E-state index >= 15 is 0 Å². The third kappa shape index (κ3) is 14.3. The molecule has 13 aromatic rings. The number of benzene rings is 4. The third-order valence-electron chi connectivity index (χ3n) is 10.6. The SMILES string of the molecule is O.O.O=C(O)c1cncc(C(=O)O)c1.[Cu+2].[Cu+2].[Cu+2].[Cu+2].c1cnc2c(c1)ccc1cccnc12.c1cnc2c(c1)ccc1cccnc12.c1cnc2c(c1)ccc1cccnc12.c1cnc2c(c1)ccc1cccnc12. The largest absolute Gasteiger partial charge is 2.00 e. The Morgan fingerprint density at radius 1 is 0.284 bits per heavy atom. The van der Waals surface area contributed by atoms with Crippen LogP contribution >= 0.6 is 0 Å². The maximum Gasteiger partial charge on any atom is 2.00 e. The zero-order valence-corrected chi connectivity index (χ0v) is 41.9. The van der Waals surface area contributed by atoms with Crippen molar-refractivity contribution in [2.75, 3.05) is 0 Å². The molecular weight excluding hydrogens is 1140 g/mol. The molecule has 0 amide bonds. The first-order valence-electron chi connectivity index (χ1n) is 21.2. The summed E-state index contributed by atoms with van der Waals surface area (Å²) in [5, 5.41) is 26.0. The second kappa shape index (κ2) is 29.1.